The van der Waals surface area contributed by atoms with E-state index in [4.69, 9.17) is 15.4 Å². The molecule has 2 rings (SSSR count). The molecule has 0 radical (unpaired) electrons. The second kappa shape index (κ2) is 3.64. The van der Waals surface area contributed by atoms with Crippen LogP contribution in [0.2, 0.25) is 0 Å². The van der Waals surface area contributed by atoms with Crippen LogP contribution < -0.4 is 15.4 Å². The van der Waals surface area contributed by atoms with Crippen LogP contribution >= 0.6 is 15.9 Å². The molecule has 5 nitrogen and oxygen atoms in total. The maximum absolute atomic E-state index is 9.67. The number of hydrogen-bond acceptors (Lipinski definition) is 5. The highest BCUT2D eigenvalue weighted by Gasteiger charge is 2.22. The summed E-state index contributed by atoms with van der Waals surface area (Å²) in [6.45, 7) is 0.265. The maximum Gasteiger partial charge on any atom is 0.231 e. The molecule has 0 aromatic heterocycles. The van der Waals surface area contributed by atoms with E-state index in [1.54, 1.807) is 6.07 Å². The van der Waals surface area contributed by atoms with Crippen LogP contribution in [-0.2, 0) is 11.4 Å². The predicted molar refractivity (Wildman–Crippen MR) is 50.9 cm³/mol. The van der Waals surface area contributed by atoms with Crippen LogP contribution in [0.4, 0.5) is 0 Å². The van der Waals surface area contributed by atoms with Gasteiger partial charge < -0.3 is 14.6 Å². The molecule has 0 saturated heterocycles. The van der Waals surface area contributed by atoms with Gasteiger partial charge in [0, 0.05) is 5.56 Å². The van der Waals surface area contributed by atoms with Crippen molar-refractivity contribution in [2.24, 2.45) is 5.90 Å². The molecule has 1 aromatic rings. The normalized spacial score (nSPS) is 13.3. The number of nitrogens with two attached hydrogens (primary N) is 1. The van der Waals surface area contributed by atoms with Gasteiger partial charge in [-0.05, 0) is 22.0 Å². The zero-order chi connectivity index (χ0) is 10.1. The van der Waals surface area contributed by atoms with Gasteiger partial charge in [-0.3, -0.25) is 4.84 Å². The number of aromatic hydroxyl groups is 1. The van der Waals surface area contributed by atoms with Crippen LogP contribution in [0.25, 0.3) is 0 Å². The Morgan fingerprint density at radius 3 is 3.07 bits per heavy atom. The van der Waals surface area contributed by atoms with Crippen LogP contribution in [0.3, 0.4) is 0 Å². The lowest BCUT2D eigenvalue weighted by Crippen LogP contribution is -1.99. The average molecular weight is 262 g/mol. The highest BCUT2D eigenvalue weighted by molar-refractivity contribution is 9.10. The smallest absolute Gasteiger partial charge is 0.231 e. The molecule has 0 saturated carbocycles. The Morgan fingerprint density at radius 1 is 1.57 bits per heavy atom. The first-order chi connectivity index (χ1) is 6.74. The summed E-state index contributed by atoms with van der Waals surface area (Å²) in [7, 11) is 0. The fraction of sp³-hybridized carbons (Fsp3) is 0.250. The van der Waals surface area contributed by atoms with E-state index in [2.05, 4.69) is 20.8 Å². The molecule has 0 unspecified atom stereocenters. The minimum absolute atomic E-state index is 0.0553. The number of hydrogen-bond donors (Lipinski definition) is 2. The van der Waals surface area contributed by atoms with E-state index in [1.165, 1.54) is 0 Å². The third-order valence-corrected chi connectivity index (χ3v) is 2.63. The van der Waals surface area contributed by atoms with Gasteiger partial charge >= 0.3 is 0 Å². The zero-order valence-corrected chi connectivity index (χ0v) is 8.70. The van der Waals surface area contributed by atoms with Crippen molar-refractivity contribution in [3.8, 4) is 17.2 Å². The van der Waals surface area contributed by atoms with Crippen molar-refractivity contribution in [1.82, 2.24) is 0 Å². The van der Waals surface area contributed by atoms with Gasteiger partial charge in [0.05, 0.1) is 6.61 Å². The molecular weight excluding hydrogens is 254 g/mol. The fourth-order valence-corrected chi connectivity index (χ4v) is 1.81. The van der Waals surface area contributed by atoms with Gasteiger partial charge in [0.25, 0.3) is 0 Å². The first kappa shape index (κ1) is 9.57. The van der Waals surface area contributed by atoms with E-state index in [-0.39, 0.29) is 19.1 Å². The van der Waals surface area contributed by atoms with E-state index in [9.17, 15) is 5.11 Å². The van der Waals surface area contributed by atoms with E-state index in [1.807, 2.05) is 0 Å². The number of halogens is 1. The van der Waals surface area contributed by atoms with E-state index < -0.39 is 0 Å². The number of phenolic OH excluding ortho intramolecular Hbond substituents is 1. The minimum atomic E-state index is 0.0553. The third-order valence-electron chi connectivity index (χ3n) is 1.90. The summed E-state index contributed by atoms with van der Waals surface area (Å²) in [6, 6.07) is 1.63. The summed E-state index contributed by atoms with van der Waals surface area (Å²) >= 11 is 3.20. The Bertz CT molecular complexity index is 369. The SMILES string of the molecule is NOCc1cc2c(c(Br)c1O)OCO2. The third kappa shape index (κ3) is 1.41. The van der Waals surface area contributed by atoms with Crippen molar-refractivity contribution in [2.75, 3.05) is 6.79 Å². The number of phenols is 1. The topological polar surface area (TPSA) is 73.9 Å². The second-order valence-corrected chi connectivity index (χ2v) is 3.54. The van der Waals surface area contributed by atoms with Gasteiger partial charge in [-0.25, -0.2) is 5.90 Å². The van der Waals surface area contributed by atoms with E-state index in [0.717, 1.165) is 0 Å². The van der Waals surface area contributed by atoms with Crippen molar-refractivity contribution >= 4 is 15.9 Å². The Labute approximate surface area is 88.5 Å². The summed E-state index contributed by atoms with van der Waals surface area (Å²) in [5.74, 6) is 6.06. The average Bonchev–Trinajstić information content (AvgIpc) is 2.62. The van der Waals surface area contributed by atoms with Crippen LogP contribution in [0.15, 0.2) is 10.5 Å². The van der Waals surface area contributed by atoms with Crippen LogP contribution in [0, 0.1) is 0 Å². The van der Waals surface area contributed by atoms with Crippen molar-refractivity contribution < 1.29 is 19.4 Å². The van der Waals surface area contributed by atoms with E-state index in [0.29, 0.717) is 21.5 Å². The lowest BCUT2D eigenvalue weighted by atomic mass is 10.2. The molecule has 76 valence electrons. The van der Waals surface area contributed by atoms with Gasteiger partial charge in [-0.15, -0.1) is 0 Å². The summed E-state index contributed by atoms with van der Waals surface area (Å²) in [6.07, 6.45) is 0. The molecule has 0 aliphatic carbocycles. The first-order valence-corrected chi connectivity index (χ1v) is 4.65. The number of benzene rings is 1. The van der Waals surface area contributed by atoms with E-state index >= 15 is 0 Å². The molecule has 1 heterocycles. The summed E-state index contributed by atoms with van der Waals surface area (Å²) in [4.78, 5) is 4.45. The molecular formula is C8H8BrNO4. The molecule has 6 heteroatoms. The van der Waals surface area contributed by atoms with Gasteiger partial charge in [-0.1, -0.05) is 0 Å². The molecule has 0 atom stereocenters. The summed E-state index contributed by atoms with van der Waals surface area (Å²) in [5, 5.41) is 9.67. The Morgan fingerprint density at radius 2 is 2.36 bits per heavy atom. The maximum atomic E-state index is 9.67. The second-order valence-electron chi connectivity index (χ2n) is 2.74. The lowest BCUT2D eigenvalue weighted by molar-refractivity contribution is 0.122. The highest BCUT2D eigenvalue weighted by atomic mass is 79.9. The minimum Gasteiger partial charge on any atom is -0.506 e. The van der Waals surface area contributed by atoms with Gasteiger partial charge in [0.15, 0.2) is 11.5 Å². The van der Waals surface area contributed by atoms with Gasteiger partial charge in [0.1, 0.15) is 10.2 Å². The molecule has 0 amide bonds. The molecule has 14 heavy (non-hydrogen) atoms. The Hall–Kier alpha value is -0.980. The van der Waals surface area contributed by atoms with Crippen molar-refractivity contribution in [3.05, 3.63) is 16.1 Å². The number of fused-ring (bicyclic) bond motifs is 1. The molecule has 1 aromatic carbocycles. The predicted octanol–water partition coefficient (Wildman–Crippen LogP) is 1.27. The molecule has 1 aliphatic rings. The molecule has 0 spiro atoms. The summed E-state index contributed by atoms with van der Waals surface area (Å²) < 4.78 is 10.8. The van der Waals surface area contributed by atoms with Crippen molar-refractivity contribution in [1.29, 1.82) is 0 Å². The molecule has 1 aliphatic heterocycles. The van der Waals surface area contributed by atoms with Crippen LogP contribution in [0.1, 0.15) is 5.56 Å². The summed E-state index contributed by atoms with van der Waals surface area (Å²) in [5.41, 5.74) is 0.545. The first-order valence-electron chi connectivity index (χ1n) is 3.85. The number of ether oxygens (including phenoxy) is 2. The highest BCUT2D eigenvalue weighted by Crippen LogP contribution is 2.46. The van der Waals surface area contributed by atoms with Gasteiger partial charge in [0.2, 0.25) is 6.79 Å². The molecule has 0 fully saturated rings. The van der Waals surface area contributed by atoms with Crippen molar-refractivity contribution in [2.45, 2.75) is 6.61 Å². The number of rotatable bonds is 2. The Kier molecular flexibility index (Phi) is 2.49. The van der Waals surface area contributed by atoms with Crippen LogP contribution in [-0.4, -0.2) is 11.9 Å². The van der Waals surface area contributed by atoms with Crippen LogP contribution in [0.5, 0.6) is 17.2 Å². The zero-order valence-electron chi connectivity index (χ0n) is 7.12. The monoisotopic (exact) mass is 261 g/mol. The molecule has 0 bridgehead atoms. The van der Waals surface area contributed by atoms with Crippen molar-refractivity contribution in [3.63, 3.8) is 0 Å². The fourth-order valence-electron chi connectivity index (χ4n) is 1.24. The largest absolute Gasteiger partial charge is 0.506 e. The lowest BCUT2D eigenvalue weighted by Gasteiger charge is -2.07. The standard InChI is InChI=1S/C8H8BrNO4/c9-6-7(11)4(2-14-10)1-5-8(6)13-3-12-5/h1,11H,2-3,10H2. The van der Waals surface area contributed by atoms with Gasteiger partial charge in [-0.2, -0.15) is 0 Å². The molecule has 3 N–H and O–H groups in total. The quantitative estimate of drug-likeness (QED) is 0.785. The Balaban J connectivity index is 2.49.